The molecule has 1 unspecified atom stereocenters. The Morgan fingerprint density at radius 3 is 2.31 bits per heavy atom. The number of quaternary nitrogens is 1. The average Bonchev–Trinajstić information content (AvgIpc) is 3.42. The third-order valence-electron chi connectivity index (χ3n) is 6.40. The molecule has 5 nitrogen and oxygen atoms in total. The van der Waals surface area contributed by atoms with Crippen molar-refractivity contribution in [1.82, 2.24) is 5.32 Å². The number of likely N-dealkylation sites (tertiary alicyclic amines) is 1. The van der Waals surface area contributed by atoms with Crippen LogP contribution in [0.4, 0.5) is 4.39 Å². The van der Waals surface area contributed by atoms with Gasteiger partial charge in [0.1, 0.15) is 18.4 Å². The molecule has 1 atom stereocenters. The van der Waals surface area contributed by atoms with Crippen molar-refractivity contribution < 1.29 is 24.0 Å². The number of hydrogen-bond donors (Lipinski definition) is 3. The SMILES string of the molecule is CCC1CC[NH+](CC(=O)c2cccs2)CC1.O=C(O)C(NCc1ccc(F)cc1)c1ccccc1. The van der Waals surface area contributed by atoms with Gasteiger partial charge in [-0.3, -0.25) is 14.9 Å². The summed E-state index contributed by atoms with van der Waals surface area (Å²) in [5.41, 5.74) is 1.53. The van der Waals surface area contributed by atoms with Crippen LogP contribution in [0.1, 0.15) is 53.0 Å². The molecule has 1 fully saturated rings. The van der Waals surface area contributed by atoms with Crippen molar-refractivity contribution in [3.05, 3.63) is 93.9 Å². The monoisotopic (exact) mass is 497 g/mol. The third-order valence-corrected chi connectivity index (χ3v) is 7.31. The van der Waals surface area contributed by atoms with Crippen LogP contribution in [0.5, 0.6) is 0 Å². The number of rotatable bonds is 9. The molecule has 1 aromatic heterocycles. The average molecular weight is 498 g/mol. The Balaban J connectivity index is 0.000000198. The summed E-state index contributed by atoms with van der Waals surface area (Å²) in [4.78, 5) is 25.6. The highest BCUT2D eigenvalue weighted by Gasteiger charge is 2.23. The van der Waals surface area contributed by atoms with E-state index in [1.54, 1.807) is 47.7 Å². The lowest BCUT2D eigenvalue weighted by Gasteiger charge is -2.27. The fraction of sp³-hybridized carbons (Fsp3) is 0.357. The zero-order chi connectivity index (χ0) is 25.0. The number of hydrogen-bond acceptors (Lipinski definition) is 4. The van der Waals surface area contributed by atoms with E-state index >= 15 is 0 Å². The predicted octanol–water partition coefficient (Wildman–Crippen LogP) is 4.38. The number of ketones is 1. The Labute approximate surface area is 210 Å². The number of piperidine rings is 1. The summed E-state index contributed by atoms with van der Waals surface area (Å²) < 4.78 is 12.8. The summed E-state index contributed by atoms with van der Waals surface area (Å²) in [5.74, 6) is -0.0181. The molecule has 0 spiro atoms. The molecule has 3 aromatic rings. The van der Waals surface area contributed by atoms with E-state index in [1.807, 2.05) is 23.6 Å². The summed E-state index contributed by atoms with van der Waals surface area (Å²) in [7, 11) is 0. The van der Waals surface area contributed by atoms with Gasteiger partial charge < -0.3 is 10.0 Å². The van der Waals surface area contributed by atoms with Crippen LogP contribution >= 0.6 is 11.3 Å². The number of aliphatic carboxylic acids is 1. The third kappa shape index (κ3) is 8.69. The first-order valence-electron chi connectivity index (χ1n) is 12.1. The normalized spacial score (nSPS) is 18.2. The van der Waals surface area contributed by atoms with Gasteiger partial charge in [-0.2, -0.15) is 0 Å². The summed E-state index contributed by atoms with van der Waals surface area (Å²) in [5, 5.41) is 14.2. The maximum atomic E-state index is 12.8. The number of carbonyl (C=O) groups excluding carboxylic acids is 1. The Morgan fingerprint density at radius 2 is 1.74 bits per heavy atom. The lowest BCUT2D eigenvalue weighted by atomic mass is 9.94. The van der Waals surface area contributed by atoms with E-state index in [1.165, 1.54) is 49.4 Å². The zero-order valence-electron chi connectivity index (χ0n) is 20.1. The fourth-order valence-corrected chi connectivity index (χ4v) is 4.90. The van der Waals surface area contributed by atoms with Crippen LogP contribution in [0.25, 0.3) is 0 Å². The summed E-state index contributed by atoms with van der Waals surface area (Å²) in [6.07, 6.45) is 3.89. The van der Waals surface area contributed by atoms with Gasteiger partial charge in [-0.15, -0.1) is 11.3 Å². The largest absolute Gasteiger partial charge is 0.480 e. The first-order valence-corrected chi connectivity index (χ1v) is 13.0. The first-order chi connectivity index (χ1) is 17.0. The van der Waals surface area contributed by atoms with Crippen LogP contribution in [0.15, 0.2) is 72.1 Å². The number of halogens is 1. The molecule has 0 aliphatic carbocycles. The maximum Gasteiger partial charge on any atom is 0.325 e. The van der Waals surface area contributed by atoms with E-state index in [4.69, 9.17) is 0 Å². The molecule has 2 aromatic carbocycles. The molecule has 186 valence electrons. The predicted molar refractivity (Wildman–Crippen MR) is 137 cm³/mol. The van der Waals surface area contributed by atoms with Crippen LogP contribution in [-0.2, 0) is 11.3 Å². The van der Waals surface area contributed by atoms with E-state index < -0.39 is 12.0 Å². The van der Waals surface area contributed by atoms with Crippen molar-refractivity contribution in [1.29, 1.82) is 0 Å². The van der Waals surface area contributed by atoms with E-state index in [9.17, 15) is 19.1 Å². The van der Waals surface area contributed by atoms with Crippen molar-refractivity contribution in [2.75, 3.05) is 19.6 Å². The van der Waals surface area contributed by atoms with Crippen LogP contribution in [-0.4, -0.2) is 36.5 Å². The van der Waals surface area contributed by atoms with Gasteiger partial charge in [-0.25, -0.2) is 4.39 Å². The Morgan fingerprint density at radius 1 is 1.06 bits per heavy atom. The fourth-order valence-electron chi connectivity index (χ4n) is 4.24. The second kappa shape index (κ2) is 13.9. The number of thiophene rings is 1. The molecular formula is C28H34FN2O3S+. The van der Waals surface area contributed by atoms with E-state index in [2.05, 4.69) is 12.2 Å². The summed E-state index contributed by atoms with van der Waals surface area (Å²) in [6, 6.07) is 18.0. The number of benzene rings is 2. The number of carboxylic acid groups (broad SMARTS) is 1. The van der Waals surface area contributed by atoms with Gasteiger partial charge >= 0.3 is 5.97 Å². The van der Waals surface area contributed by atoms with Gasteiger partial charge in [0.25, 0.3) is 0 Å². The molecule has 4 rings (SSSR count). The standard InChI is InChI=1S/C15H14FNO2.C13H19NOS/c16-13-8-6-11(7-9-13)10-17-14(15(18)19)12-4-2-1-3-5-12;1-2-11-5-7-14(8-6-11)10-12(15)13-4-3-9-16-13/h1-9,14,17H,10H2,(H,18,19);3-4,9,11H,2,5-8,10H2,1H3/p+1. The van der Waals surface area contributed by atoms with Crippen LogP contribution in [0, 0.1) is 11.7 Å². The Hall–Kier alpha value is -2.87. The smallest absolute Gasteiger partial charge is 0.325 e. The van der Waals surface area contributed by atoms with Crippen LogP contribution in [0.3, 0.4) is 0 Å². The van der Waals surface area contributed by atoms with Gasteiger partial charge in [0.15, 0.2) is 0 Å². The molecule has 0 amide bonds. The second-order valence-corrected chi connectivity index (χ2v) is 9.82. The molecule has 0 radical (unpaired) electrons. The molecule has 35 heavy (non-hydrogen) atoms. The molecule has 1 aliphatic rings. The molecule has 0 bridgehead atoms. The van der Waals surface area contributed by atoms with Gasteiger partial charge in [-0.1, -0.05) is 61.9 Å². The highest BCUT2D eigenvalue weighted by Crippen LogP contribution is 2.15. The zero-order valence-corrected chi connectivity index (χ0v) is 20.9. The van der Waals surface area contributed by atoms with Crippen molar-refractivity contribution in [3.8, 4) is 0 Å². The van der Waals surface area contributed by atoms with E-state index in [0.29, 0.717) is 24.4 Å². The molecule has 2 heterocycles. The second-order valence-electron chi connectivity index (χ2n) is 8.87. The van der Waals surface area contributed by atoms with Crippen molar-refractivity contribution >= 4 is 23.1 Å². The highest BCUT2D eigenvalue weighted by molar-refractivity contribution is 7.12. The molecule has 1 saturated heterocycles. The number of carbonyl (C=O) groups is 2. The van der Waals surface area contributed by atoms with Gasteiger partial charge in [-0.05, 0) is 53.5 Å². The minimum Gasteiger partial charge on any atom is -0.480 e. The number of carboxylic acids is 1. The lowest BCUT2D eigenvalue weighted by Crippen LogP contribution is -3.13. The van der Waals surface area contributed by atoms with Gasteiger partial charge in [0.2, 0.25) is 5.78 Å². The minimum atomic E-state index is -0.937. The molecule has 3 N–H and O–H groups in total. The van der Waals surface area contributed by atoms with Gasteiger partial charge in [0, 0.05) is 6.54 Å². The molecular weight excluding hydrogens is 463 g/mol. The van der Waals surface area contributed by atoms with E-state index in [-0.39, 0.29) is 5.82 Å². The summed E-state index contributed by atoms with van der Waals surface area (Å²) in [6.45, 7) is 5.68. The Bertz CT molecular complexity index is 1030. The van der Waals surface area contributed by atoms with Crippen LogP contribution < -0.4 is 10.2 Å². The first kappa shape index (κ1) is 26.7. The summed E-state index contributed by atoms with van der Waals surface area (Å²) >= 11 is 1.56. The quantitative estimate of drug-likeness (QED) is 0.384. The highest BCUT2D eigenvalue weighted by atomic mass is 32.1. The molecule has 0 saturated carbocycles. The van der Waals surface area contributed by atoms with Crippen LogP contribution in [0.2, 0.25) is 0 Å². The lowest BCUT2D eigenvalue weighted by molar-refractivity contribution is -0.897. The Kier molecular flexibility index (Phi) is 10.6. The number of Topliss-reactive ketones (excluding diaryl/α,β-unsaturated/α-hetero) is 1. The van der Waals surface area contributed by atoms with Gasteiger partial charge in [0.05, 0.1) is 18.0 Å². The number of nitrogens with one attached hydrogen (secondary N) is 2. The van der Waals surface area contributed by atoms with Crippen molar-refractivity contribution in [2.24, 2.45) is 5.92 Å². The van der Waals surface area contributed by atoms with Crippen molar-refractivity contribution in [3.63, 3.8) is 0 Å². The minimum absolute atomic E-state index is 0.304. The van der Waals surface area contributed by atoms with E-state index in [0.717, 1.165) is 16.4 Å². The topological polar surface area (TPSA) is 70.8 Å². The van der Waals surface area contributed by atoms with Crippen molar-refractivity contribution in [2.45, 2.75) is 38.8 Å². The molecule has 7 heteroatoms. The molecule has 1 aliphatic heterocycles. The maximum absolute atomic E-state index is 12.8.